The number of halogens is 1. The van der Waals surface area contributed by atoms with Crippen LogP contribution in [-0.4, -0.2) is 50.5 Å². The highest BCUT2D eigenvalue weighted by atomic mass is 32.2. The Morgan fingerprint density at radius 3 is 2.26 bits per heavy atom. The monoisotopic (exact) mass is 491 g/mol. The van der Waals surface area contributed by atoms with Crippen LogP contribution in [0.5, 0.6) is 0 Å². The third-order valence-corrected chi connectivity index (χ3v) is 6.66. The number of benzene rings is 2. The summed E-state index contributed by atoms with van der Waals surface area (Å²) in [5, 5.41) is 2.79. The summed E-state index contributed by atoms with van der Waals surface area (Å²) in [6.07, 6.45) is 1.64. The van der Waals surface area contributed by atoms with E-state index in [1.54, 1.807) is 11.0 Å². The predicted molar refractivity (Wildman–Crippen MR) is 132 cm³/mol. The van der Waals surface area contributed by atoms with E-state index in [0.29, 0.717) is 13.0 Å². The summed E-state index contributed by atoms with van der Waals surface area (Å²) < 4.78 is 39.8. The van der Waals surface area contributed by atoms with Crippen LogP contribution in [0.15, 0.2) is 48.5 Å². The molecule has 1 atom stereocenters. The lowest BCUT2D eigenvalue weighted by Gasteiger charge is -2.31. The molecule has 0 spiro atoms. The molecule has 7 nitrogen and oxygen atoms in total. The van der Waals surface area contributed by atoms with Crippen molar-refractivity contribution in [3.05, 3.63) is 65.5 Å². The summed E-state index contributed by atoms with van der Waals surface area (Å²) >= 11 is 0. The van der Waals surface area contributed by atoms with Gasteiger partial charge in [-0.15, -0.1) is 0 Å². The minimum Gasteiger partial charge on any atom is -0.355 e. The molecule has 1 N–H and O–H groups in total. The third-order valence-electron chi connectivity index (χ3n) is 5.48. The number of rotatable bonds is 12. The second kappa shape index (κ2) is 12.5. The fraction of sp³-hybridized carbons (Fsp3) is 0.440. The number of carbonyl (C=O) groups is 2. The van der Waals surface area contributed by atoms with Crippen molar-refractivity contribution >= 4 is 27.5 Å². The van der Waals surface area contributed by atoms with Gasteiger partial charge in [-0.25, -0.2) is 12.8 Å². The van der Waals surface area contributed by atoms with Gasteiger partial charge in [0, 0.05) is 26.1 Å². The molecule has 0 aliphatic carbocycles. The smallest absolute Gasteiger partial charge is 0.242 e. The molecule has 9 heteroatoms. The lowest BCUT2D eigenvalue weighted by atomic mass is 10.1. The standard InChI is InChI=1S/C25H34FN3O4S/c1-5-22(25(31)27-6-2)28(18-20-15-13-19(3)14-16-20)24(30)12-9-17-29(34(4,32)33)23-11-8-7-10-21(23)26/h7-8,10-11,13-16,22H,5-6,9,12,17-18H2,1-4H3,(H,27,31). The van der Waals surface area contributed by atoms with Gasteiger partial charge in [0.1, 0.15) is 11.9 Å². The number of hydrogen-bond donors (Lipinski definition) is 1. The highest BCUT2D eigenvalue weighted by Crippen LogP contribution is 2.22. The number of anilines is 1. The summed E-state index contributed by atoms with van der Waals surface area (Å²) in [4.78, 5) is 27.5. The lowest BCUT2D eigenvalue weighted by Crippen LogP contribution is -2.49. The normalized spacial score (nSPS) is 12.1. The number of sulfonamides is 1. The van der Waals surface area contributed by atoms with Crippen molar-refractivity contribution in [2.75, 3.05) is 23.7 Å². The molecule has 0 saturated carbocycles. The number of nitrogens with one attached hydrogen (secondary N) is 1. The minimum absolute atomic E-state index is 0.0161. The zero-order valence-electron chi connectivity index (χ0n) is 20.3. The van der Waals surface area contributed by atoms with Crippen molar-refractivity contribution in [2.45, 2.75) is 52.6 Å². The Kier molecular flexibility index (Phi) is 10.0. The largest absolute Gasteiger partial charge is 0.355 e. The van der Waals surface area contributed by atoms with Crippen molar-refractivity contribution in [1.29, 1.82) is 0 Å². The van der Waals surface area contributed by atoms with Gasteiger partial charge in [-0.05, 0) is 44.4 Å². The summed E-state index contributed by atoms with van der Waals surface area (Å²) in [7, 11) is -3.75. The van der Waals surface area contributed by atoms with Gasteiger partial charge in [-0.1, -0.05) is 48.9 Å². The number of amides is 2. The number of carbonyl (C=O) groups excluding carboxylic acids is 2. The maximum Gasteiger partial charge on any atom is 0.242 e. The zero-order valence-corrected chi connectivity index (χ0v) is 21.1. The van der Waals surface area contributed by atoms with Gasteiger partial charge in [0.15, 0.2) is 0 Å². The van der Waals surface area contributed by atoms with Crippen molar-refractivity contribution in [3.8, 4) is 0 Å². The summed E-state index contributed by atoms with van der Waals surface area (Å²) in [5.74, 6) is -1.14. The molecule has 2 aromatic rings. The van der Waals surface area contributed by atoms with Gasteiger partial charge in [0.05, 0.1) is 11.9 Å². The summed E-state index contributed by atoms with van der Waals surface area (Å²) in [5.41, 5.74) is 1.93. The molecule has 0 aliphatic rings. The molecule has 1 unspecified atom stereocenters. The first-order valence-corrected chi connectivity index (χ1v) is 13.3. The van der Waals surface area contributed by atoms with E-state index >= 15 is 0 Å². The Hall–Kier alpha value is -2.94. The van der Waals surface area contributed by atoms with Crippen LogP contribution in [0.25, 0.3) is 0 Å². The molecule has 0 saturated heterocycles. The summed E-state index contributed by atoms with van der Waals surface area (Å²) in [6.45, 7) is 6.30. The van der Waals surface area contributed by atoms with Crippen molar-refractivity contribution in [3.63, 3.8) is 0 Å². The van der Waals surface area contributed by atoms with Gasteiger partial charge < -0.3 is 10.2 Å². The number of likely N-dealkylation sites (N-methyl/N-ethyl adjacent to an activating group) is 1. The molecule has 2 amide bonds. The topological polar surface area (TPSA) is 86.8 Å². The van der Waals surface area contributed by atoms with Gasteiger partial charge >= 0.3 is 0 Å². The van der Waals surface area contributed by atoms with E-state index in [9.17, 15) is 22.4 Å². The fourth-order valence-corrected chi connectivity index (χ4v) is 4.70. The first kappa shape index (κ1) is 27.3. The molecule has 186 valence electrons. The van der Waals surface area contributed by atoms with Crippen LogP contribution < -0.4 is 9.62 Å². The molecule has 0 fully saturated rings. The van der Waals surface area contributed by atoms with Crippen molar-refractivity contribution in [1.82, 2.24) is 10.2 Å². The Balaban J connectivity index is 2.20. The zero-order chi connectivity index (χ0) is 25.3. The first-order valence-electron chi connectivity index (χ1n) is 11.4. The Bertz CT molecular complexity index is 1070. The van der Waals surface area contributed by atoms with Crippen LogP contribution in [0.3, 0.4) is 0 Å². The average Bonchev–Trinajstić information content (AvgIpc) is 2.78. The van der Waals surface area contributed by atoms with Gasteiger partial charge in [0.2, 0.25) is 21.8 Å². The van der Waals surface area contributed by atoms with Gasteiger partial charge in [-0.2, -0.15) is 0 Å². The highest BCUT2D eigenvalue weighted by molar-refractivity contribution is 7.92. The molecule has 2 rings (SSSR count). The Labute approximate surface area is 202 Å². The van der Waals surface area contributed by atoms with E-state index in [0.717, 1.165) is 21.7 Å². The first-order chi connectivity index (χ1) is 16.1. The summed E-state index contributed by atoms with van der Waals surface area (Å²) in [6, 6.07) is 12.7. The second-order valence-electron chi connectivity index (χ2n) is 8.22. The molecule has 0 aromatic heterocycles. The number of nitrogens with zero attached hydrogens (tertiary/aromatic N) is 2. The average molecular weight is 492 g/mol. The van der Waals surface area contributed by atoms with E-state index in [1.807, 2.05) is 45.0 Å². The molecule has 0 aliphatic heterocycles. The molecule has 34 heavy (non-hydrogen) atoms. The number of aryl methyl sites for hydroxylation is 1. The van der Waals surface area contributed by atoms with E-state index in [1.165, 1.54) is 18.2 Å². The molecular weight excluding hydrogens is 457 g/mol. The van der Waals surface area contributed by atoms with Crippen LogP contribution in [0.4, 0.5) is 10.1 Å². The van der Waals surface area contributed by atoms with Crippen LogP contribution in [0.1, 0.15) is 44.2 Å². The van der Waals surface area contributed by atoms with Gasteiger partial charge in [0.25, 0.3) is 0 Å². The molecule has 0 bridgehead atoms. The van der Waals surface area contributed by atoms with E-state index in [4.69, 9.17) is 0 Å². The maximum absolute atomic E-state index is 14.2. The Morgan fingerprint density at radius 2 is 1.71 bits per heavy atom. The fourth-order valence-electron chi connectivity index (χ4n) is 3.74. The van der Waals surface area contributed by atoms with E-state index < -0.39 is 21.9 Å². The highest BCUT2D eigenvalue weighted by Gasteiger charge is 2.28. The van der Waals surface area contributed by atoms with E-state index in [2.05, 4.69) is 5.32 Å². The number of para-hydroxylation sites is 1. The van der Waals surface area contributed by atoms with Crippen LogP contribution in [0, 0.1) is 12.7 Å². The predicted octanol–water partition coefficient (Wildman–Crippen LogP) is 3.62. The Morgan fingerprint density at radius 1 is 1.06 bits per heavy atom. The quantitative estimate of drug-likeness (QED) is 0.491. The second-order valence-corrected chi connectivity index (χ2v) is 10.1. The van der Waals surface area contributed by atoms with Crippen LogP contribution in [-0.2, 0) is 26.2 Å². The molecule has 0 heterocycles. The number of hydrogen-bond acceptors (Lipinski definition) is 4. The van der Waals surface area contributed by atoms with Crippen LogP contribution in [0.2, 0.25) is 0 Å². The van der Waals surface area contributed by atoms with Crippen LogP contribution >= 0.6 is 0 Å². The SMILES string of the molecule is CCNC(=O)C(CC)N(Cc1ccc(C)cc1)C(=O)CCCN(c1ccccc1F)S(C)(=O)=O. The van der Waals surface area contributed by atoms with Crippen molar-refractivity contribution in [2.24, 2.45) is 0 Å². The molecule has 2 aromatic carbocycles. The minimum atomic E-state index is -3.75. The van der Waals surface area contributed by atoms with Crippen molar-refractivity contribution < 1.29 is 22.4 Å². The van der Waals surface area contributed by atoms with Gasteiger partial charge in [-0.3, -0.25) is 13.9 Å². The molecule has 0 radical (unpaired) electrons. The lowest BCUT2D eigenvalue weighted by molar-refractivity contribution is -0.141. The molecular formula is C25H34FN3O4S. The third kappa shape index (κ3) is 7.55. The van der Waals surface area contributed by atoms with E-state index in [-0.39, 0.29) is 43.4 Å². The maximum atomic E-state index is 14.2.